The van der Waals surface area contributed by atoms with E-state index in [0.717, 1.165) is 21.6 Å². The highest BCUT2D eigenvalue weighted by molar-refractivity contribution is 7.10. The van der Waals surface area contributed by atoms with Crippen molar-refractivity contribution in [3.05, 3.63) is 46.2 Å². The molecule has 0 unspecified atom stereocenters. The molecule has 122 valence electrons. The van der Waals surface area contributed by atoms with Crippen molar-refractivity contribution in [3.63, 3.8) is 0 Å². The van der Waals surface area contributed by atoms with E-state index in [4.69, 9.17) is 0 Å². The molecule has 1 aliphatic heterocycles. The average Bonchev–Trinajstić information content (AvgIpc) is 2.97. The maximum absolute atomic E-state index is 13.1. The van der Waals surface area contributed by atoms with Crippen LogP contribution in [0.2, 0.25) is 0 Å². The molecule has 0 radical (unpaired) electrons. The van der Waals surface area contributed by atoms with Crippen molar-refractivity contribution >= 4 is 17.2 Å². The molecule has 0 bridgehead atoms. The van der Waals surface area contributed by atoms with Crippen molar-refractivity contribution in [1.29, 1.82) is 0 Å². The second kappa shape index (κ2) is 5.46. The summed E-state index contributed by atoms with van der Waals surface area (Å²) in [5.74, 6) is 0.0130. The summed E-state index contributed by atoms with van der Waals surface area (Å²) in [6.45, 7) is 8.84. The van der Waals surface area contributed by atoms with E-state index in [-0.39, 0.29) is 11.3 Å². The van der Waals surface area contributed by atoms with E-state index < -0.39 is 5.60 Å². The minimum absolute atomic E-state index is 0.0130. The van der Waals surface area contributed by atoms with Gasteiger partial charge in [-0.15, -0.1) is 11.3 Å². The maximum atomic E-state index is 13.1. The maximum Gasteiger partial charge on any atom is 0.255 e. The molecule has 1 aromatic carbocycles. The van der Waals surface area contributed by atoms with Crippen molar-refractivity contribution in [3.8, 4) is 11.1 Å². The van der Waals surface area contributed by atoms with Gasteiger partial charge in [-0.3, -0.25) is 4.79 Å². The molecule has 1 N–H and O–H groups in total. The lowest BCUT2D eigenvalue weighted by Crippen LogP contribution is -2.40. The molecule has 2 aromatic rings. The number of benzene rings is 1. The molecule has 1 aliphatic rings. The average molecular weight is 329 g/mol. The number of carbonyl (C=O) groups is 1. The third kappa shape index (κ3) is 2.70. The van der Waals surface area contributed by atoms with Gasteiger partial charge in [-0.25, -0.2) is 0 Å². The fourth-order valence-corrected chi connectivity index (χ4v) is 4.04. The number of rotatable bonds is 2. The number of nitrogens with zero attached hydrogens (tertiary/aromatic N) is 1. The number of aryl methyl sites for hydroxylation is 1. The minimum atomic E-state index is -0.860. The summed E-state index contributed by atoms with van der Waals surface area (Å²) in [5.41, 5.74) is 1.67. The largest absolute Gasteiger partial charge is 0.388 e. The number of thiophene rings is 1. The Morgan fingerprint density at radius 3 is 2.39 bits per heavy atom. The number of hydrogen-bond donors (Lipinski definition) is 1. The van der Waals surface area contributed by atoms with E-state index in [0.29, 0.717) is 13.1 Å². The van der Waals surface area contributed by atoms with Crippen molar-refractivity contribution in [1.82, 2.24) is 4.90 Å². The van der Waals surface area contributed by atoms with Gasteiger partial charge in [0.15, 0.2) is 0 Å². The molecular formula is C19H23NO2S. The van der Waals surface area contributed by atoms with Crippen LogP contribution in [0.4, 0.5) is 0 Å². The first-order valence-corrected chi connectivity index (χ1v) is 8.76. The predicted octanol–water partition coefficient (Wildman–Crippen LogP) is 3.96. The molecule has 0 spiro atoms. The van der Waals surface area contributed by atoms with Crippen LogP contribution in [0.3, 0.4) is 0 Å². The zero-order valence-electron chi connectivity index (χ0n) is 14.1. The van der Waals surface area contributed by atoms with Crippen LogP contribution in [0.1, 0.15) is 36.0 Å². The molecular weight excluding hydrogens is 306 g/mol. The lowest BCUT2D eigenvalue weighted by Gasteiger charge is -2.30. The third-order valence-corrected chi connectivity index (χ3v) is 6.01. The molecule has 23 heavy (non-hydrogen) atoms. The molecule has 1 aromatic heterocycles. The van der Waals surface area contributed by atoms with Gasteiger partial charge in [0, 0.05) is 27.8 Å². The van der Waals surface area contributed by atoms with Crippen molar-refractivity contribution < 1.29 is 9.90 Å². The fourth-order valence-electron chi connectivity index (χ4n) is 3.18. The molecule has 1 amide bonds. The zero-order chi connectivity index (χ0) is 16.8. The SMILES string of the molecule is Cc1scc(C(=O)N2CC(C)(C)[C@](C)(O)C2)c1-c1ccccc1. The molecule has 1 saturated heterocycles. The molecule has 3 rings (SSSR count). The van der Waals surface area contributed by atoms with Crippen LogP contribution in [-0.4, -0.2) is 34.6 Å². The Labute approximate surface area is 141 Å². The highest BCUT2D eigenvalue weighted by Crippen LogP contribution is 2.40. The van der Waals surface area contributed by atoms with Gasteiger partial charge in [-0.05, 0) is 19.4 Å². The van der Waals surface area contributed by atoms with Gasteiger partial charge in [0.1, 0.15) is 0 Å². The Balaban J connectivity index is 1.97. The molecule has 4 heteroatoms. The normalized spacial score (nSPS) is 23.3. The smallest absolute Gasteiger partial charge is 0.255 e. The summed E-state index contributed by atoms with van der Waals surface area (Å²) in [7, 11) is 0. The Morgan fingerprint density at radius 1 is 1.17 bits per heavy atom. The lowest BCUT2D eigenvalue weighted by atomic mass is 9.79. The Hall–Kier alpha value is -1.65. The second-order valence-electron chi connectivity index (χ2n) is 7.27. The minimum Gasteiger partial charge on any atom is -0.388 e. The summed E-state index contributed by atoms with van der Waals surface area (Å²) < 4.78 is 0. The van der Waals surface area contributed by atoms with Crippen LogP contribution in [-0.2, 0) is 0 Å². The van der Waals surface area contributed by atoms with Crippen molar-refractivity contribution in [2.45, 2.75) is 33.3 Å². The second-order valence-corrected chi connectivity index (χ2v) is 8.35. The van der Waals surface area contributed by atoms with E-state index in [1.54, 1.807) is 16.2 Å². The Kier molecular flexibility index (Phi) is 3.85. The van der Waals surface area contributed by atoms with Gasteiger partial charge in [0.25, 0.3) is 5.91 Å². The summed E-state index contributed by atoms with van der Waals surface area (Å²) in [5, 5.41) is 12.5. The Bertz CT molecular complexity index is 715. The Morgan fingerprint density at radius 2 is 1.83 bits per heavy atom. The van der Waals surface area contributed by atoms with Crippen LogP contribution in [0, 0.1) is 12.3 Å². The van der Waals surface area contributed by atoms with Crippen molar-refractivity contribution in [2.24, 2.45) is 5.41 Å². The van der Waals surface area contributed by atoms with E-state index in [1.165, 1.54) is 0 Å². The van der Waals surface area contributed by atoms with Gasteiger partial charge >= 0.3 is 0 Å². The number of likely N-dealkylation sites (tertiary alicyclic amines) is 1. The molecule has 1 atom stereocenters. The highest BCUT2D eigenvalue weighted by atomic mass is 32.1. The lowest BCUT2D eigenvalue weighted by molar-refractivity contribution is -0.0108. The summed E-state index contributed by atoms with van der Waals surface area (Å²) in [6.07, 6.45) is 0. The highest BCUT2D eigenvalue weighted by Gasteiger charge is 2.49. The van der Waals surface area contributed by atoms with Crippen molar-refractivity contribution in [2.75, 3.05) is 13.1 Å². The summed E-state index contributed by atoms with van der Waals surface area (Å²) in [4.78, 5) is 16.0. The van der Waals surface area contributed by atoms with Gasteiger partial charge in [0.05, 0.1) is 17.7 Å². The number of hydrogen-bond acceptors (Lipinski definition) is 3. The van der Waals surface area contributed by atoms with E-state index in [2.05, 4.69) is 0 Å². The number of carbonyl (C=O) groups excluding carboxylic acids is 1. The summed E-state index contributed by atoms with van der Waals surface area (Å²) >= 11 is 1.60. The standard InChI is InChI=1S/C19H23NO2S/c1-13-16(14-8-6-5-7-9-14)15(10-23-13)17(21)20-11-18(2,3)19(4,22)12-20/h5-10,22H,11-12H2,1-4H3/t19-/m1/s1. The quantitative estimate of drug-likeness (QED) is 0.906. The van der Waals surface area contributed by atoms with Crippen LogP contribution >= 0.6 is 11.3 Å². The van der Waals surface area contributed by atoms with E-state index >= 15 is 0 Å². The molecule has 2 heterocycles. The van der Waals surface area contributed by atoms with Crippen LogP contribution < -0.4 is 0 Å². The summed E-state index contributed by atoms with van der Waals surface area (Å²) in [6, 6.07) is 10.0. The predicted molar refractivity (Wildman–Crippen MR) is 94.8 cm³/mol. The van der Waals surface area contributed by atoms with E-state index in [1.807, 2.05) is 63.4 Å². The molecule has 1 fully saturated rings. The first kappa shape index (κ1) is 16.2. The fraction of sp³-hybridized carbons (Fsp3) is 0.421. The van der Waals surface area contributed by atoms with Gasteiger partial charge in [-0.2, -0.15) is 0 Å². The van der Waals surface area contributed by atoms with Gasteiger partial charge in [-0.1, -0.05) is 44.2 Å². The van der Waals surface area contributed by atoms with Gasteiger partial charge in [0.2, 0.25) is 0 Å². The first-order valence-electron chi connectivity index (χ1n) is 7.88. The van der Waals surface area contributed by atoms with Gasteiger partial charge < -0.3 is 10.0 Å². The monoisotopic (exact) mass is 329 g/mol. The zero-order valence-corrected chi connectivity index (χ0v) is 14.9. The first-order chi connectivity index (χ1) is 10.7. The van der Waals surface area contributed by atoms with Crippen LogP contribution in [0.25, 0.3) is 11.1 Å². The topological polar surface area (TPSA) is 40.5 Å². The number of aliphatic hydroxyl groups is 1. The molecule has 0 saturated carbocycles. The van der Waals surface area contributed by atoms with Crippen LogP contribution in [0.15, 0.2) is 35.7 Å². The third-order valence-electron chi connectivity index (χ3n) is 5.10. The molecule has 3 nitrogen and oxygen atoms in total. The number of amides is 1. The van der Waals surface area contributed by atoms with E-state index in [9.17, 15) is 9.90 Å². The van der Waals surface area contributed by atoms with Crippen LogP contribution in [0.5, 0.6) is 0 Å². The molecule has 0 aliphatic carbocycles. The number of β-amino-alcohol motifs (C(OH)–C–C–N with tert-alkyl or cyclic N) is 1.